The van der Waals surface area contributed by atoms with Gasteiger partial charge in [-0.3, -0.25) is 0 Å². The summed E-state index contributed by atoms with van der Waals surface area (Å²) in [5.41, 5.74) is 0.379. The molecule has 0 aliphatic carbocycles. The average molecular weight is 387 g/mol. The van der Waals surface area contributed by atoms with E-state index in [9.17, 15) is 14.7 Å². The topological polar surface area (TPSA) is 93.1 Å². The molecule has 0 saturated carbocycles. The molecule has 0 fully saturated rings. The number of thiophene rings is 1. The molecule has 8 heteroatoms. The number of carbonyl (C=O) groups is 2. The van der Waals surface area contributed by atoms with Crippen LogP contribution in [0.15, 0.2) is 34.1 Å². The average Bonchev–Trinajstić information content (AvgIpc) is 3.02. The molecule has 0 aliphatic rings. The Morgan fingerprint density at radius 3 is 2.64 bits per heavy atom. The maximum absolute atomic E-state index is 11.9. The third kappa shape index (κ3) is 3.85. The first-order valence-electron chi connectivity index (χ1n) is 6.05. The van der Waals surface area contributed by atoms with Crippen molar-refractivity contribution in [1.82, 2.24) is 0 Å². The van der Waals surface area contributed by atoms with E-state index in [2.05, 4.69) is 15.9 Å². The third-order valence-electron chi connectivity index (χ3n) is 2.58. The summed E-state index contributed by atoms with van der Waals surface area (Å²) < 4.78 is 10.7. The number of carbonyl (C=O) groups excluding carboxylic acids is 1. The molecule has 2 N–H and O–H groups in total. The number of esters is 1. The van der Waals surface area contributed by atoms with Gasteiger partial charge in [-0.05, 0) is 39.5 Å². The van der Waals surface area contributed by atoms with Gasteiger partial charge in [-0.15, -0.1) is 11.3 Å². The van der Waals surface area contributed by atoms with E-state index in [0.29, 0.717) is 10.4 Å². The van der Waals surface area contributed by atoms with E-state index in [-0.39, 0.29) is 22.6 Å². The number of benzene rings is 1. The lowest BCUT2D eigenvalue weighted by Crippen LogP contribution is -2.12. The monoisotopic (exact) mass is 386 g/mol. The lowest BCUT2D eigenvalue weighted by atomic mass is 10.2. The number of carboxylic acid groups (broad SMARTS) is 1. The molecule has 0 atom stereocenters. The zero-order valence-corrected chi connectivity index (χ0v) is 13.5. The van der Waals surface area contributed by atoms with Crippen LogP contribution >= 0.6 is 27.3 Å². The predicted octanol–water partition coefficient (Wildman–Crippen LogP) is 2.69. The normalized spacial score (nSPS) is 10.3. The van der Waals surface area contributed by atoms with Crippen molar-refractivity contribution in [2.45, 2.75) is 6.61 Å². The molecule has 1 aromatic carbocycles. The van der Waals surface area contributed by atoms with Crippen LogP contribution < -0.4 is 9.47 Å². The molecular formula is C14H11BrO6S. The number of hydrogen-bond acceptors (Lipinski definition) is 6. The highest BCUT2D eigenvalue weighted by Crippen LogP contribution is 2.38. The van der Waals surface area contributed by atoms with Crippen molar-refractivity contribution < 1.29 is 29.3 Å². The summed E-state index contributed by atoms with van der Waals surface area (Å²) in [6.07, 6.45) is 0. The van der Waals surface area contributed by atoms with E-state index in [1.807, 2.05) is 0 Å². The van der Waals surface area contributed by atoms with E-state index in [0.717, 1.165) is 0 Å². The van der Waals surface area contributed by atoms with Gasteiger partial charge in [0.2, 0.25) is 0 Å². The van der Waals surface area contributed by atoms with Crippen LogP contribution in [0.2, 0.25) is 0 Å². The molecule has 0 bridgehead atoms. The largest absolute Gasteiger partial charge is 0.480 e. The summed E-state index contributed by atoms with van der Waals surface area (Å²) >= 11 is 4.46. The Bertz CT molecular complexity index is 683. The van der Waals surface area contributed by atoms with Crippen LogP contribution in [0.3, 0.4) is 0 Å². The number of hydrogen-bond donors (Lipinski definition) is 2. The molecular weight excluding hydrogens is 376 g/mol. The molecule has 1 aromatic heterocycles. The van der Waals surface area contributed by atoms with E-state index in [1.165, 1.54) is 23.5 Å². The molecule has 116 valence electrons. The molecule has 2 rings (SSSR count). The first kappa shape index (κ1) is 16.5. The highest BCUT2D eigenvalue weighted by Gasteiger charge is 2.18. The predicted molar refractivity (Wildman–Crippen MR) is 82.5 cm³/mol. The Morgan fingerprint density at radius 2 is 2.05 bits per heavy atom. The summed E-state index contributed by atoms with van der Waals surface area (Å²) in [6, 6.07) is 6.35. The Hall–Kier alpha value is -1.90. The highest BCUT2D eigenvalue weighted by atomic mass is 79.9. The molecule has 0 saturated heterocycles. The molecule has 2 aromatic rings. The number of ether oxygens (including phenoxy) is 2. The maximum Gasteiger partial charge on any atom is 0.353 e. The van der Waals surface area contributed by atoms with Crippen molar-refractivity contribution in [2.75, 3.05) is 6.61 Å². The fourth-order valence-corrected chi connectivity index (χ4v) is 2.80. The van der Waals surface area contributed by atoms with Crippen LogP contribution in [0.4, 0.5) is 0 Å². The molecule has 0 unspecified atom stereocenters. The van der Waals surface area contributed by atoms with Crippen LogP contribution in [0, 0.1) is 0 Å². The van der Waals surface area contributed by atoms with Gasteiger partial charge in [-0.1, -0.05) is 6.07 Å². The quantitative estimate of drug-likeness (QED) is 0.585. The van der Waals surface area contributed by atoms with E-state index < -0.39 is 18.5 Å². The second-order valence-corrected chi connectivity index (χ2v) is 5.81. The van der Waals surface area contributed by atoms with Crippen molar-refractivity contribution in [1.29, 1.82) is 0 Å². The van der Waals surface area contributed by atoms with Crippen LogP contribution in [0.1, 0.15) is 15.2 Å². The maximum atomic E-state index is 11.9. The number of aliphatic hydroxyl groups is 1. The number of rotatable bonds is 6. The number of aliphatic hydroxyl groups excluding tert-OH is 1. The van der Waals surface area contributed by atoms with Gasteiger partial charge >= 0.3 is 11.9 Å². The molecule has 0 spiro atoms. The van der Waals surface area contributed by atoms with Gasteiger partial charge in [0.25, 0.3) is 0 Å². The third-order valence-corrected chi connectivity index (χ3v) is 4.18. The minimum atomic E-state index is -1.16. The SMILES string of the molecule is O=C(O)COc1c(CO)ccc(OC(=O)c2cccs2)c1Br. The van der Waals surface area contributed by atoms with Crippen LogP contribution in [-0.4, -0.2) is 28.8 Å². The lowest BCUT2D eigenvalue weighted by Gasteiger charge is -2.13. The van der Waals surface area contributed by atoms with Crippen LogP contribution in [0.5, 0.6) is 11.5 Å². The van der Waals surface area contributed by atoms with Gasteiger partial charge in [-0.25, -0.2) is 9.59 Å². The molecule has 22 heavy (non-hydrogen) atoms. The summed E-state index contributed by atoms with van der Waals surface area (Å²) in [7, 11) is 0. The van der Waals surface area contributed by atoms with Crippen LogP contribution in [-0.2, 0) is 11.4 Å². The standard InChI is InChI=1S/C14H11BrO6S/c15-12-9(21-14(19)10-2-1-5-22-10)4-3-8(6-16)13(12)20-7-11(17)18/h1-5,16H,6-7H2,(H,17,18). The van der Waals surface area contributed by atoms with E-state index in [4.69, 9.17) is 14.6 Å². The van der Waals surface area contributed by atoms with Crippen LogP contribution in [0.25, 0.3) is 0 Å². The first-order valence-corrected chi connectivity index (χ1v) is 7.72. The zero-order valence-electron chi connectivity index (χ0n) is 11.1. The molecule has 0 radical (unpaired) electrons. The number of halogens is 1. The Labute approximate surface area is 138 Å². The Kier molecular flexibility index (Phi) is 5.53. The molecule has 1 heterocycles. The minimum absolute atomic E-state index is 0.126. The van der Waals surface area contributed by atoms with Crippen molar-refractivity contribution in [3.05, 3.63) is 44.6 Å². The van der Waals surface area contributed by atoms with Crippen molar-refractivity contribution in [3.63, 3.8) is 0 Å². The van der Waals surface area contributed by atoms with Gasteiger partial charge in [-0.2, -0.15) is 0 Å². The highest BCUT2D eigenvalue weighted by molar-refractivity contribution is 9.10. The lowest BCUT2D eigenvalue weighted by molar-refractivity contribution is -0.139. The van der Waals surface area contributed by atoms with Gasteiger partial charge in [0, 0.05) is 5.56 Å². The minimum Gasteiger partial charge on any atom is -0.480 e. The van der Waals surface area contributed by atoms with Crippen molar-refractivity contribution in [3.8, 4) is 11.5 Å². The number of aliphatic carboxylic acids is 1. The summed E-state index contributed by atoms with van der Waals surface area (Å²) in [6.45, 7) is -0.916. The number of carboxylic acids is 1. The van der Waals surface area contributed by atoms with Crippen molar-refractivity contribution in [2.24, 2.45) is 0 Å². The second kappa shape index (κ2) is 7.39. The van der Waals surface area contributed by atoms with Gasteiger partial charge in [0.05, 0.1) is 6.61 Å². The Morgan fingerprint density at radius 1 is 1.27 bits per heavy atom. The Balaban J connectivity index is 2.26. The van der Waals surface area contributed by atoms with E-state index in [1.54, 1.807) is 17.5 Å². The fourth-order valence-electron chi connectivity index (χ4n) is 1.62. The summed E-state index contributed by atoms with van der Waals surface area (Å²) in [5, 5.41) is 19.7. The molecule has 0 amide bonds. The zero-order chi connectivity index (χ0) is 16.1. The smallest absolute Gasteiger partial charge is 0.353 e. The van der Waals surface area contributed by atoms with Gasteiger partial charge in [0.15, 0.2) is 6.61 Å². The second-order valence-electron chi connectivity index (χ2n) is 4.07. The molecule has 0 aliphatic heterocycles. The summed E-state index contributed by atoms with van der Waals surface area (Å²) in [4.78, 5) is 23.0. The first-order chi connectivity index (χ1) is 10.5. The van der Waals surface area contributed by atoms with Crippen molar-refractivity contribution >= 4 is 39.2 Å². The fraction of sp³-hybridized carbons (Fsp3) is 0.143. The molecule has 6 nitrogen and oxygen atoms in total. The van der Waals surface area contributed by atoms with Gasteiger partial charge in [0.1, 0.15) is 20.8 Å². The van der Waals surface area contributed by atoms with E-state index >= 15 is 0 Å². The van der Waals surface area contributed by atoms with Gasteiger partial charge < -0.3 is 19.7 Å². The summed E-state index contributed by atoms with van der Waals surface area (Å²) in [5.74, 6) is -1.38.